The van der Waals surface area contributed by atoms with Gasteiger partial charge in [0.1, 0.15) is 0 Å². The van der Waals surface area contributed by atoms with Gasteiger partial charge in [0.2, 0.25) is 0 Å². The number of aryl methyl sites for hydroxylation is 2. The van der Waals surface area contributed by atoms with Gasteiger partial charge in [0, 0.05) is 35.8 Å². The van der Waals surface area contributed by atoms with Crippen molar-refractivity contribution in [3.63, 3.8) is 0 Å². The van der Waals surface area contributed by atoms with E-state index < -0.39 is 0 Å². The fourth-order valence-electron chi connectivity index (χ4n) is 3.37. The Morgan fingerprint density at radius 3 is 2.81 bits per heavy atom. The van der Waals surface area contributed by atoms with Crippen LogP contribution in [0.5, 0.6) is 0 Å². The summed E-state index contributed by atoms with van der Waals surface area (Å²) in [5, 5.41) is 4.53. The fraction of sp³-hybridized carbons (Fsp3) is 0.381. The van der Waals surface area contributed by atoms with Gasteiger partial charge in [-0.3, -0.25) is 9.97 Å². The van der Waals surface area contributed by atoms with E-state index in [0.717, 1.165) is 55.1 Å². The molecule has 0 N–H and O–H groups in total. The number of pyridine rings is 2. The fourth-order valence-corrected chi connectivity index (χ4v) is 3.37. The molecule has 3 aromatic heterocycles. The molecule has 1 aliphatic heterocycles. The first kappa shape index (κ1) is 16.9. The highest BCUT2D eigenvalue weighted by molar-refractivity contribution is 5.62. The molecule has 0 saturated carbocycles. The van der Waals surface area contributed by atoms with E-state index in [2.05, 4.69) is 36.1 Å². The van der Waals surface area contributed by atoms with Gasteiger partial charge in [-0.05, 0) is 43.0 Å². The van der Waals surface area contributed by atoms with E-state index in [4.69, 9.17) is 9.72 Å². The van der Waals surface area contributed by atoms with E-state index >= 15 is 0 Å². The number of rotatable bonds is 6. The topological polar surface area (TPSA) is 52.8 Å². The van der Waals surface area contributed by atoms with Crippen molar-refractivity contribution in [2.24, 2.45) is 5.92 Å². The lowest BCUT2D eigenvalue weighted by Gasteiger charge is -2.25. The highest BCUT2D eigenvalue weighted by atomic mass is 16.5. The summed E-state index contributed by atoms with van der Waals surface area (Å²) in [5.41, 5.74) is 6.63. The molecule has 26 heavy (non-hydrogen) atoms. The van der Waals surface area contributed by atoms with Crippen LogP contribution in [0.4, 0.5) is 0 Å². The van der Waals surface area contributed by atoms with Crippen molar-refractivity contribution in [1.82, 2.24) is 19.7 Å². The van der Waals surface area contributed by atoms with Crippen LogP contribution in [-0.2, 0) is 17.6 Å². The van der Waals surface area contributed by atoms with Crippen molar-refractivity contribution in [2.45, 2.75) is 33.1 Å². The SMILES string of the molecule is CCCc1cc(-n2cc(-c3ncc(CC4COC4)cc3C)cn2)ccn1. The molecule has 0 radical (unpaired) electrons. The predicted octanol–water partition coefficient (Wildman–Crippen LogP) is 3.78. The first-order chi connectivity index (χ1) is 12.7. The molecule has 4 rings (SSSR count). The Labute approximate surface area is 154 Å². The predicted molar refractivity (Wildman–Crippen MR) is 101 cm³/mol. The summed E-state index contributed by atoms with van der Waals surface area (Å²) < 4.78 is 7.16. The zero-order valence-corrected chi connectivity index (χ0v) is 15.4. The molecule has 5 nitrogen and oxygen atoms in total. The van der Waals surface area contributed by atoms with Gasteiger partial charge in [-0.15, -0.1) is 0 Å². The summed E-state index contributed by atoms with van der Waals surface area (Å²) in [7, 11) is 0. The van der Waals surface area contributed by atoms with E-state index in [-0.39, 0.29) is 0 Å². The van der Waals surface area contributed by atoms with Gasteiger partial charge in [-0.2, -0.15) is 5.10 Å². The number of hydrogen-bond donors (Lipinski definition) is 0. The first-order valence-corrected chi connectivity index (χ1v) is 9.26. The molecule has 0 unspecified atom stereocenters. The van der Waals surface area contributed by atoms with E-state index in [1.165, 1.54) is 11.1 Å². The maximum atomic E-state index is 5.26. The number of aromatic nitrogens is 4. The summed E-state index contributed by atoms with van der Waals surface area (Å²) in [6.07, 6.45) is 10.9. The average molecular weight is 348 g/mol. The van der Waals surface area contributed by atoms with Gasteiger partial charge in [0.15, 0.2) is 0 Å². The van der Waals surface area contributed by atoms with Crippen LogP contribution in [0, 0.1) is 12.8 Å². The minimum absolute atomic E-state index is 0.647. The molecular formula is C21H24N4O. The van der Waals surface area contributed by atoms with Crippen molar-refractivity contribution >= 4 is 0 Å². The highest BCUT2D eigenvalue weighted by Gasteiger charge is 2.19. The molecule has 0 aliphatic carbocycles. The summed E-state index contributed by atoms with van der Waals surface area (Å²) in [6.45, 7) is 6.03. The second-order valence-electron chi connectivity index (χ2n) is 7.05. The molecule has 0 spiro atoms. The Balaban J connectivity index is 1.56. The maximum absolute atomic E-state index is 5.26. The molecule has 1 saturated heterocycles. The van der Waals surface area contributed by atoms with E-state index in [9.17, 15) is 0 Å². The minimum Gasteiger partial charge on any atom is -0.381 e. The third kappa shape index (κ3) is 3.53. The highest BCUT2D eigenvalue weighted by Crippen LogP contribution is 2.24. The van der Waals surface area contributed by atoms with Crippen LogP contribution in [-0.4, -0.2) is 33.0 Å². The number of hydrogen-bond acceptors (Lipinski definition) is 4. The second-order valence-corrected chi connectivity index (χ2v) is 7.05. The normalized spacial score (nSPS) is 14.4. The van der Waals surface area contributed by atoms with Crippen LogP contribution in [0.3, 0.4) is 0 Å². The lowest BCUT2D eigenvalue weighted by molar-refractivity contribution is -0.0312. The van der Waals surface area contributed by atoms with Gasteiger partial charge >= 0.3 is 0 Å². The third-order valence-corrected chi connectivity index (χ3v) is 4.79. The van der Waals surface area contributed by atoms with Crippen LogP contribution in [0.25, 0.3) is 16.9 Å². The van der Waals surface area contributed by atoms with Crippen molar-refractivity contribution in [3.05, 3.63) is 59.8 Å². The molecule has 3 aromatic rings. The van der Waals surface area contributed by atoms with E-state index in [1.807, 2.05) is 35.5 Å². The van der Waals surface area contributed by atoms with Crippen molar-refractivity contribution < 1.29 is 4.74 Å². The zero-order valence-electron chi connectivity index (χ0n) is 15.4. The number of ether oxygens (including phenoxy) is 1. The van der Waals surface area contributed by atoms with Crippen LogP contribution in [0.2, 0.25) is 0 Å². The molecule has 4 heterocycles. The average Bonchev–Trinajstić information content (AvgIpc) is 3.09. The molecule has 0 bridgehead atoms. The van der Waals surface area contributed by atoms with Gasteiger partial charge in [-0.1, -0.05) is 19.4 Å². The quantitative estimate of drug-likeness (QED) is 0.680. The standard InChI is InChI=1S/C21H24N4O/c1-3-4-19-9-20(5-6-22-19)25-12-18(11-24-25)21-15(2)7-16(10-23-21)8-17-13-26-14-17/h5-7,9-12,17H,3-4,8,13-14H2,1-2H3. The Kier molecular flexibility index (Phi) is 4.80. The Morgan fingerprint density at radius 1 is 1.19 bits per heavy atom. The minimum atomic E-state index is 0.647. The van der Waals surface area contributed by atoms with Gasteiger partial charge in [-0.25, -0.2) is 4.68 Å². The molecule has 0 atom stereocenters. The molecule has 0 aromatic carbocycles. The lowest BCUT2D eigenvalue weighted by Crippen LogP contribution is -2.29. The second kappa shape index (κ2) is 7.38. The van der Waals surface area contributed by atoms with Gasteiger partial charge < -0.3 is 4.74 Å². The molecule has 1 fully saturated rings. The van der Waals surface area contributed by atoms with E-state index in [1.54, 1.807) is 0 Å². The summed E-state index contributed by atoms with van der Waals surface area (Å²) in [5.74, 6) is 0.647. The smallest absolute Gasteiger partial charge is 0.0763 e. The van der Waals surface area contributed by atoms with Crippen LogP contribution < -0.4 is 0 Å². The summed E-state index contributed by atoms with van der Waals surface area (Å²) >= 11 is 0. The van der Waals surface area contributed by atoms with Crippen molar-refractivity contribution in [2.75, 3.05) is 13.2 Å². The molecule has 134 valence electrons. The largest absolute Gasteiger partial charge is 0.381 e. The lowest BCUT2D eigenvalue weighted by atomic mass is 9.97. The molecular weight excluding hydrogens is 324 g/mol. The maximum Gasteiger partial charge on any atom is 0.0763 e. The Bertz CT molecular complexity index is 899. The molecule has 0 amide bonds. The molecule has 5 heteroatoms. The summed E-state index contributed by atoms with van der Waals surface area (Å²) in [6, 6.07) is 6.33. The van der Waals surface area contributed by atoms with Gasteiger partial charge in [0.05, 0.1) is 30.8 Å². The van der Waals surface area contributed by atoms with Crippen LogP contribution >= 0.6 is 0 Å². The first-order valence-electron chi connectivity index (χ1n) is 9.26. The van der Waals surface area contributed by atoms with Crippen molar-refractivity contribution in [1.29, 1.82) is 0 Å². The van der Waals surface area contributed by atoms with Crippen molar-refractivity contribution in [3.8, 4) is 16.9 Å². The van der Waals surface area contributed by atoms with E-state index in [0.29, 0.717) is 5.92 Å². The zero-order chi connectivity index (χ0) is 17.9. The van der Waals surface area contributed by atoms with Crippen LogP contribution in [0.1, 0.15) is 30.2 Å². The van der Waals surface area contributed by atoms with Crippen LogP contribution in [0.15, 0.2) is 43.0 Å². The Hall–Kier alpha value is -2.53. The van der Waals surface area contributed by atoms with Gasteiger partial charge in [0.25, 0.3) is 0 Å². The third-order valence-electron chi connectivity index (χ3n) is 4.79. The number of nitrogens with zero attached hydrogens (tertiary/aromatic N) is 4. The summed E-state index contributed by atoms with van der Waals surface area (Å²) in [4.78, 5) is 9.12. The molecule has 1 aliphatic rings. The monoisotopic (exact) mass is 348 g/mol. The Morgan fingerprint density at radius 2 is 2.08 bits per heavy atom.